The number of likely N-dealkylation sites (tertiary alicyclic amines) is 1. The molecule has 2 rings (SSSR count). The van der Waals surface area contributed by atoms with Gasteiger partial charge in [-0.1, -0.05) is 0 Å². The van der Waals surface area contributed by atoms with Gasteiger partial charge in [-0.2, -0.15) is 5.10 Å². The van der Waals surface area contributed by atoms with Gasteiger partial charge in [-0.05, 0) is 12.8 Å². The average Bonchev–Trinajstić information content (AvgIpc) is 2.81. The number of carbonyl (C=O) groups is 3. The van der Waals surface area contributed by atoms with Crippen molar-refractivity contribution in [2.75, 3.05) is 13.6 Å². The topological polar surface area (TPSA) is 90.3 Å². The number of amides is 2. The third-order valence-electron chi connectivity index (χ3n) is 3.25. The highest BCUT2D eigenvalue weighted by atomic mass is 16.4. The number of hydrogen-bond donors (Lipinski definition) is 1. The summed E-state index contributed by atoms with van der Waals surface area (Å²) in [7, 11) is 1.49. The van der Waals surface area contributed by atoms with Gasteiger partial charge in [0.05, 0.1) is 0 Å². The zero-order valence-electron chi connectivity index (χ0n) is 10.1. The third-order valence-corrected chi connectivity index (χ3v) is 3.25. The van der Waals surface area contributed by atoms with Crippen molar-refractivity contribution < 1.29 is 19.5 Å². The number of hydrogen-bond acceptors (Lipinski definition) is 4. The van der Waals surface area contributed by atoms with Crippen LogP contribution in [0.2, 0.25) is 0 Å². The van der Waals surface area contributed by atoms with Gasteiger partial charge in [0, 0.05) is 26.4 Å². The maximum atomic E-state index is 12.2. The van der Waals surface area contributed by atoms with Crippen molar-refractivity contribution >= 4 is 23.5 Å². The van der Waals surface area contributed by atoms with Crippen LogP contribution in [-0.2, 0) is 14.4 Å². The monoisotopic (exact) mass is 253 g/mol. The smallest absolute Gasteiger partial charge is 0.326 e. The molecule has 2 aliphatic rings. The molecular formula is C11H15N3O4. The van der Waals surface area contributed by atoms with Gasteiger partial charge in [-0.3, -0.25) is 9.59 Å². The third kappa shape index (κ3) is 2.20. The van der Waals surface area contributed by atoms with E-state index in [0.29, 0.717) is 19.4 Å². The molecule has 1 fully saturated rings. The number of rotatable bonds is 2. The van der Waals surface area contributed by atoms with Crippen LogP contribution in [0, 0.1) is 0 Å². The van der Waals surface area contributed by atoms with Gasteiger partial charge in [0.2, 0.25) is 5.91 Å². The summed E-state index contributed by atoms with van der Waals surface area (Å²) in [5.41, 5.74) is 0.269. The van der Waals surface area contributed by atoms with Crippen molar-refractivity contribution in [1.82, 2.24) is 9.91 Å². The molecule has 0 bridgehead atoms. The Morgan fingerprint density at radius 3 is 2.72 bits per heavy atom. The second-order valence-electron chi connectivity index (χ2n) is 4.46. The highest BCUT2D eigenvalue weighted by Gasteiger charge is 2.36. The summed E-state index contributed by atoms with van der Waals surface area (Å²) in [4.78, 5) is 35.8. The summed E-state index contributed by atoms with van der Waals surface area (Å²) in [6.45, 7) is 0.437. The van der Waals surface area contributed by atoms with Gasteiger partial charge >= 0.3 is 5.97 Å². The van der Waals surface area contributed by atoms with Crippen LogP contribution in [0.5, 0.6) is 0 Å². The Bertz CT molecular complexity index is 432. The van der Waals surface area contributed by atoms with E-state index in [2.05, 4.69) is 5.10 Å². The largest absolute Gasteiger partial charge is 0.480 e. The number of aliphatic carboxylic acids is 1. The number of hydrazone groups is 1. The average molecular weight is 253 g/mol. The molecule has 2 amide bonds. The molecule has 0 saturated carbocycles. The minimum absolute atomic E-state index is 0.136. The van der Waals surface area contributed by atoms with Crippen LogP contribution >= 0.6 is 0 Å². The molecule has 1 atom stereocenters. The van der Waals surface area contributed by atoms with E-state index in [0.717, 1.165) is 5.01 Å². The minimum atomic E-state index is -0.985. The molecule has 0 aliphatic carbocycles. The Morgan fingerprint density at radius 1 is 1.39 bits per heavy atom. The maximum Gasteiger partial charge on any atom is 0.326 e. The summed E-state index contributed by atoms with van der Waals surface area (Å²) >= 11 is 0. The Kier molecular flexibility index (Phi) is 3.31. The summed E-state index contributed by atoms with van der Waals surface area (Å²) in [5.74, 6) is -1.48. The Morgan fingerprint density at radius 2 is 2.11 bits per heavy atom. The summed E-state index contributed by atoms with van der Waals surface area (Å²) in [5, 5.41) is 14.1. The van der Waals surface area contributed by atoms with Gasteiger partial charge in [0.15, 0.2) is 0 Å². The molecule has 2 heterocycles. The molecule has 7 heteroatoms. The molecule has 18 heavy (non-hydrogen) atoms. The normalized spacial score (nSPS) is 24.2. The first kappa shape index (κ1) is 12.5. The lowest BCUT2D eigenvalue weighted by Gasteiger charge is -2.25. The standard InChI is InChI=1S/C11H15N3O4/c1-13-9(15)5-4-7(12-13)10(16)14-6-2-3-8(14)11(17)18/h8H,2-6H2,1H3,(H,17,18)/t8-/m0/s1. The van der Waals surface area contributed by atoms with Gasteiger partial charge in [0.1, 0.15) is 11.8 Å². The van der Waals surface area contributed by atoms with E-state index in [1.54, 1.807) is 0 Å². The number of carboxylic acids is 1. The SMILES string of the molecule is CN1N=C(C(=O)N2CCC[C@H]2C(=O)O)CCC1=O. The fourth-order valence-corrected chi connectivity index (χ4v) is 2.26. The second-order valence-corrected chi connectivity index (χ2v) is 4.46. The van der Waals surface area contributed by atoms with Crippen molar-refractivity contribution in [3.05, 3.63) is 0 Å². The summed E-state index contributed by atoms with van der Waals surface area (Å²) < 4.78 is 0. The first-order valence-corrected chi connectivity index (χ1v) is 5.88. The van der Waals surface area contributed by atoms with Gasteiger partial charge in [0.25, 0.3) is 5.91 Å². The molecule has 1 saturated heterocycles. The Hall–Kier alpha value is -1.92. The molecule has 7 nitrogen and oxygen atoms in total. The molecule has 1 N–H and O–H groups in total. The fourth-order valence-electron chi connectivity index (χ4n) is 2.26. The molecule has 0 radical (unpaired) electrons. The van der Waals surface area contributed by atoms with Gasteiger partial charge in [-0.15, -0.1) is 0 Å². The van der Waals surface area contributed by atoms with Crippen molar-refractivity contribution in [2.24, 2.45) is 5.10 Å². The van der Waals surface area contributed by atoms with Gasteiger partial charge in [-0.25, -0.2) is 9.80 Å². The van der Waals surface area contributed by atoms with Gasteiger partial charge < -0.3 is 10.0 Å². The molecule has 0 aromatic carbocycles. The van der Waals surface area contributed by atoms with Crippen LogP contribution in [0.4, 0.5) is 0 Å². The van der Waals surface area contributed by atoms with Crippen molar-refractivity contribution in [3.63, 3.8) is 0 Å². The van der Waals surface area contributed by atoms with E-state index in [1.807, 2.05) is 0 Å². The lowest BCUT2D eigenvalue weighted by Crippen LogP contribution is -2.45. The predicted octanol–water partition coefficient (Wildman–Crippen LogP) is -0.330. The zero-order valence-corrected chi connectivity index (χ0v) is 10.1. The highest BCUT2D eigenvalue weighted by Crippen LogP contribution is 2.19. The second kappa shape index (κ2) is 4.75. The van der Waals surface area contributed by atoms with Crippen molar-refractivity contribution in [2.45, 2.75) is 31.7 Å². The number of nitrogens with zero attached hydrogens (tertiary/aromatic N) is 3. The molecule has 0 aromatic rings. The highest BCUT2D eigenvalue weighted by molar-refractivity contribution is 6.39. The lowest BCUT2D eigenvalue weighted by atomic mass is 10.1. The van der Waals surface area contributed by atoms with Crippen molar-refractivity contribution in [1.29, 1.82) is 0 Å². The van der Waals surface area contributed by atoms with Crippen LogP contribution < -0.4 is 0 Å². The Labute approximate surface area is 104 Å². The van der Waals surface area contributed by atoms with E-state index in [4.69, 9.17) is 5.11 Å². The summed E-state index contributed by atoms with van der Waals surface area (Å²) in [6, 6.07) is -0.761. The Balaban J connectivity index is 2.14. The van der Waals surface area contributed by atoms with E-state index in [1.165, 1.54) is 11.9 Å². The van der Waals surface area contributed by atoms with E-state index in [9.17, 15) is 14.4 Å². The van der Waals surface area contributed by atoms with E-state index >= 15 is 0 Å². The molecule has 0 aromatic heterocycles. The predicted molar refractivity (Wildman–Crippen MR) is 61.8 cm³/mol. The van der Waals surface area contributed by atoms with Crippen LogP contribution in [0.1, 0.15) is 25.7 Å². The number of carbonyl (C=O) groups excluding carboxylic acids is 2. The lowest BCUT2D eigenvalue weighted by molar-refractivity contribution is -0.146. The molecule has 2 aliphatic heterocycles. The van der Waals surface area contributed by atoms with Crippen LogP contribution in [0.15, 0.2) is 5.10 Å². The number of carboxylic acid groups (broad SMARTS) is 1. The molecule has 98 valence electrons. The summed E-state index contributed by atoms with van der Waals surface area (Å²) in [6.07, 6.45) is 1.69. The van der Waals surface area contributed by atoms with Crippen LogP contribution in [0.25, 0.3) is 0 Å². The van der Waals surface area contributed by atoms with Crippen LogP contribution in [-0.4, -0.2) is 58.1 Å². The first-order chi connectivity index (χ1) is 8.50. The minimum Gasteiger partial charge on any atom is -0.480 e. The zero-order chi connectivity index (χ0) is 13.3. The molecular weight excluding hydrogens is 238 g/mol. The molecule has 0 unspecified atom stereocenters. The quantitative estimate of drug-likeness (QED) is 0.729. The van der Waals surface area contributed by atoms with Crippen LogP contribution in [0.3, 0.4) is 0 Å². The van der Waals surface area contributed by atoms with E-state index in [-0.39, 0.29) is 30.4 Å². The first-order valence-electron chi connectivity index (χ1n) is 5.88. The maximum absolute atomic E-state index is 12.2. The fraction of sp³-hybridized carbons (Fsp3) is 0.636. The van der Waals surface area contributed by atoms with E-state index < -0.39 is 12.0 Å². The molecule has 0 spiro atoms. The van der Waals surface area contributed by atoms with Crippen molar-refractivity contribution in [3.8, 4) is 0 Å².